The van der Waals surface area contributed by atoms with Gasteiger partial charge in [-0.05, 0) is 111 Å². The number of fused-ring (bicyclic) bond motifs is 21. The van der Waals surface area contributed by atoms with E-state index in [1.54, 1.807) is 24.3 Å². The first-order valence-electron chi connectivity index (χ1n) is 21.8. The zero-order valence-electron chi connectivity index (χ0n) is 31.6. The molecule has 4 saturated carbocycles. The third-order valence-corrected chi connectivity index (χ3v) is 16.1. The molecule has 0 aromatic heterocycles. The summed E-state index contributed by atoms with van der Waals surface area (Å²) in [6, 6.07) is 6.65. The van der Waals surface area contributed by atoms with Gasteiger partial charge in [-0.3, -0.25) is 52.1 Å². The molecule has 5 saturated heterocycles. The van der Waals surface area contributed by atoms with E-state index in [-0.39, 0.29) is 83.2 Å². The van der Waals surface area contributed by atoms with E-state index in [4.69, 9.17) is 4.74 Å². The van der Waals surface area contributed by atoms with Crippen molar-refractivity contribution in [1.29, 1.82) is 0 Å². The van der Waals surface area contributed by atoms with Crippen molar-refractivity contribution in [2.45, 2.75) is 152 Å². The Hall–Kier alpha value is -1.97. The molecular formula is C41H59CuN9O4. The molecule has 10 aliphatic rings. The normalized spacial score (nSPS) is 47.2. The summed E-state index contributed by atoms with van der Waals surface area (Å²) in [7, 11) is 0. The second kappa shape index (κ2) is 15.0. The van der Waals surface area contributed by atoms with E-state index >= 15 is 0 Å². The molecule has 6 aliphatic heterocycles. The van der Waals surface area contributed by atoms with Crippen LogP contribution in [0.4, 0.5) is 4.79 Å². The van der Waals surface area contributed by atoms with Crippen LogP contribution < -0.4 is 42.5 Å². The summed E-state index contributed by atoms with van der Waals surface area (Å²) >= 11 is 0. The van der Waals surface area contributed by atoms with Crippen molar-refractivity contribution in [3.05, 3.63) is 35.4 Å². The van der Waals surface area contributed by atoms with Gasteiger partial charge < -0.3 is 4.74 Å². The first-order chi connectivity index (χ1) is 26.5. The molecule has 3 amide bonds. The molecule has 17 unspecified atom stereocenters. The van der Waals surface area contributed by atoms with Crippen LogP contribution in [0.2, 0.25) is 0 Å². The van der Waals surface area contributed by atoms with Crippen LogP contribution in [0, 0.1) is 47.3 Å². The predicted octanol–water partition coefficient (Wildman–Crippen LogP) is 3.01. The van der Waals surface area contributed by atoms with Crippen LogP contribution in [0.15, 0.2) is 24.3 Å². The van der Waals surface area contributed by atoms with Gasteiger partial charge >= 0.3 is 6.09 Å². The molecule has 1 radical (unpaired) electrons. The summed E-state index contributed by atoms with van der Waals surface area (Å²) in [6.07, 6.45) is 17.8. The van der Waals surface area contributed by atoms with Gasteiger partial charge in [-0.25, -0.2) is 4.79 Å². The summed E-state index contributed by atoms with van der Waals surface area (Å²) in [4.78, 5) is 41.2. The predicted molar refractivity (Wildman–Crippen MR) is 200 cm³/mol. The van der Waals surface area contributed by atoms with Crippen LogP contribution in [-0.4, -0.2) is 78.2 Å². The molecule has 55 heavy (non-hydrogen) atoms. The van der Waals surface area contributed by atoms with Crippen LogP contribution in [0.25, 0.3) is 0 Å². The SMILES string of the molecule is O=C(OC1CCCC2C3NC4NC(NC5NC(NC6NC(NC(N3)C12)C1CCCCC61)C1CCCCC51)C1CCCCC41)N1C(=O)c2ccccc2C1=O.[Cu]. The second-order valence-corrected chi connectivity index (χ2v) is 18.6. The number of rotatable bonds is 1. The minimum atomic E-state index is -0.851. The fraction of sp³-hybridized carbons (Fsp3) is 0.780. The van der Waals surface area contributed by atoms with Crippen molar-refractivity contribution < 1.29 is 36.2 Å². The number of carbonyl (C=O) groups is 3. The quantitative estimate of drug-likeness (QED) is 0.155. The van der Waals surface area contributed by atoms with Gasteiger partial charge in [0, 0.05) is 23.0 Å². The molecule has 1 aromatic carbocycles. The zero-order valence-corrected chi connectivity index (χ0v) is 32.6. The van der Waals surface area contributed by atoms with E-state index < -0.39 is 24.0 Å². The van der Waals surface area contributed by atoms with Gasteiger partial charge in [-0.1, -0.05) is 50.7 Å². The molecule has 9 fully saturated rings. The zero-order chi connectivity index (χ0) is 36.1. The van der Waals surface area contributed by atoms with Crippen molar-refractivity contribution in [1.82, 2.24) is 47.4 Å². The van der Waals surface area contributed by atoms with Crippen molar-refractivity contribution in [2.24, 2.45) is 47.3 Å². The number of carbonyl (C=O) groups excluding carboxylic acids is 3. The van der Waals surface area contributed by atoms with E-state index in [1.165, 1.54) is 77.0 Å². The standard InChI is InChI=1S/C41H59N9O4.Cu/c51-39-26-16-7-8-17-27(26)40(52)50(39)41(53)54-29-19-9-18-28-30(29)38-48-36-25-15-6-5-14-24(25)34(46-36)44-32-21-11-2-1-10-20(21)31(42-32)43-33-22-12-3-4-13-23(22)35(45-33)47-37(28)49-38;/h7-8,16-17,20-25,28-38,42-49H,1-6,9-15,18-19H2;. The Morgan fingerprint density at radius 3 is 1.18 bits per heavy atom. The van der Waals surface area contributed by atoms with Crippen LogP contribution in [0.3, 0.4) is 0 Å². The van der Waals surface area contributed by atoms with E-state index in [2.05, 4.69) is 42.5 Å². The number of nitrogens with zero attached hydrogens (tertiary/aromatic N) is 1. The van der Waals surface area contributed by atoms with E-state index in [0.29, 0.717) is 48.1 Å². The molecule has 0 spiro atoms. The summed E-state index contributed by atoms with van der Waals surface area (Å²) in [6.45, 7) is 0. The Balaban J connectivity index is 0.00000372. The fourth-order valence-corrected chi connectivity index (χ4v) is 13.7. The monoisotopic (exact) mass is 804 g/mol. The number of nitrogens with one attached hydrogen (secondary N) is 8. The van der Waals surface area contributed by atoms with Crippen LogP contribution in [0.5, 0.6) is 0 Å². The van der Waals surface area contributed by atoms with Gasteiger partial charge in [0.25, 0.3) is 11.8 Å². The Labute approximate surface area is 334 Å². The van der Waals surface area contributed by atoms with Gasteiger partial charge in [0.05, 0.1) is 60.5 Å². The Morgan fingerprint density at radius 1 is 0.473 bits per heavy atom. The molecule has 8 N–H and O–H groups in total. The minimum Gasteiger partial charge on any atom is -0.445 e. The number of amides is 3. The molecule has 14 heteroatoms. The van der Waals surface area contributed by atoms with Gasteiger partial charge in [0.1, 0.15) is 6.10 Å². The Morgan fingerprint density at radius 2 is 0.800 bits per heavy atom. The van der Waals surface area contributed by atoms with E-state index in [0.717, 1.165) is 17.7 Å². The van der Waals surface area contributed by atoms with Crippen LogP contribution in [0.1, 0.15) is 117 Å². The molecule has 11 rings (SSSR count). The Kier molecular flexibility index (Phi) is 10.2. The molecular weight excluding hydrogens is 746 g/mol. The van der Waals surface area contributed by atoms with E-state index in [1.807, 2.05) is 0 Å². The van der Waals surface area contributed by atoms with Gasteiger partial charge in [-0.2, -0.15) is 4.90 Å². The first kappa shape index (κ1) is 37.3. The van der Waals surface area contributed by atoms with Crippen molar-refractivity contribution in [3.8, 4) is 0 Å². The maximum Gasteiger partial charge on any atom is 0.424 e. The van der Waals surface area contributed by atoms with Crippen LogP contribution >= 0.6 is 0 Å². The maximum absolute atomic E-state index is 13.9. The smallest absolute Gasteiger partial charge is 0.424 e. The Bertz CT molecular complexity index is 1620. The second-order valence-electron chi connectivity index (χ2n) is 18.6. The van der Waals surface area contributed by atoms with Gasteiger partial charge in [0.2, 0.25) is 0 Å². The maximum atomic E-state index is 13.9. The summed E-state index contributed by atoms with van der Waals surface area (Å²) in [5, 5.41) is 33.1. The average Bonchev–Trinajstić information content (AvgIpc) is 3.98. The molecule has 4 aliphatic carbocycles. The first-order valence-corrected chi connectivity index (χ1v) is 21.8. The summed E-state index contributed by atoms with van der Waals surface area (Å²) in [5.41, 5.74) is 0.517. The number of hydrogen-bond acceptors (Lipinski definition) is 12. The number of benzene rings is 1. The average molecular weight is 806 g/mol. The van der Waals surface area contributed by atoms with Gasteiger partial charge in [-0.15, -0.1) is 0 Å². The van der Waals surface area contributed by atoms with Crippen molar-refractivity contribution in [2.75, 3.05) is 0 Å². The summed E-state index contributed by atoms with van der Waals surface area (Å²) in [5.74, 6) is 2.42. The summed E-state index contributed by atoms with van der Waals surface area (Å²) < 4.78 is 6.32. The molecule has 17 atom stereocenters. The fourth-order valence-electron chi connectivity index (χ4n) is 13.7. The van der Waals surface area contributed by atoms with E-state index in [9.17, 15) is 14.4 Å². The largest absolute Gasteiger partial charge is 0.445 e. The van der Waals surface area contributed by atoms with Crippen molar-refractivity contribution in [3.63, 3.8) is 0 Å². The number of ether oxygens (including phenoxy) is 1. The molecule has 1 aromatic rings. The number of hydrogen-bond donors (Lipinski definition) is 8. The third-order valence-electron chi connectivity index (χ3n) is 16.1. The molecule has 13 nitrogen and oxygen atoms in total. The topological polar surface area (TPSA) is 160 Å². The number of imide groups is 3. The molecule has 303 valence electrons. The third kappa shape index (κ3) is 6.28. The molecule has 6 heterocycles. The van der Waals surface area contributed by atoms with Crippen molar-refractivity contribution >= 4 is 17.9 Å². The minimum absolute atomic E-state index is 0. The van der Waals surface area contributed by atoms with Crippen LogP contribution in [-0.2, 0) is 21.8 Å². The van der Waals surface area contributed by atoms with Gasteiger partial charge in [0.15, 0.2) is 0 Å². The molecule has 8 bridgehead atoms.